The first kappa shape index (κ1) is 30.2. The third kappa shape index (κ3) is 7.49. The van der Waals surface area contributed by atoms with Crippen LogP contribution in [0.4, 0.5) is 5.69 Å². The number of azide groups is 1. The molecule has 1 amide bonds. The van der Waals surface area contributed by atoms with Crippen molar-refractivity contribution in [2.24, 2.45) is 10.1 Å². The van der Waals surface area contributed by atoms with Gasteiger partial charge in [-0.3, -0.25) is 10.2 Å². The van der Waals surface area contributed by atoms with E-state index in [2.05, 4.69) is 20.9 Å². The molecule has 4 rings (SSSR count). The first-order valence-corrected chi connectivity index (χ1v) is 13.8. The van der Waals surface area contributed by atoms with E-state index in [9.17, 15) is 4.79 Å². The minimum atomic E-state index is -1.36. The molecule has 1 aliphatic heterocycles. The number of hydrazine groups is 1. The fourth-order valence-electron chi connectivity index (χ4n) is 4.41. The van der Waals surface area contributed by atoms with Gasteiger partial charge in [0, 0.05) is 52.2 Å². The molecule has 214 valence electrons. The van der Waals surface area contributed by atoms with Gasteiger partial charge >= 0.3 is 0 Å². The number of rotatable bonds is 13. The summed E-state index contributed by atoms with van der Waals surface area (Å²) in [5, 5.41) is 13.9. The smallest absolute Gasteiger partial charge is 0.266 e. The van der Waals surface area contributed by atoms with Crippen molar-refractivity contribution in [3.8, 4) is 5.75 Å². The molecule has 1 aliphatic rings. The lowest BCUT2D eigenvalue weighted by Crippen LogP contribution is -2.56. The number of ether oxygens (including phenoxy) is 2. The normalized spacial score (nSPS) is 17.8. The fourth-order valence-corrected chi connectivity index (χ4v) is 4.92. The molecule has 3 aromatic carbocycles. The van der Waals surface area contributed by atoms with Crippen LogP contribution in [0.2, 0.25) is 10.0 Å². The molecule has 0 aromatic heterocycles. The number of halogens is 2. The highest BCUT2D eigenvalue weighted by Crippen LogP contribution is 2.35. The van der Waals surface area contributed by atoms with Gasteiger partial charge in [0.05, 0.1) is 6.61 Å². The predicted molar refractivity (Wildman–Crippen MR) is 159 cm³/mol. The number of aliphatic hydroxyl groups is 1. The standard InChI is InChI=1S/C29H30Cl2N6O4/c1-19-29(18-22-5-2-3-6-26(22)35-37-32,28(39)36-33-14-13-20-7-10-23(30)17-25(20)31)34-27(41-19)21-8-11-24(12-9-21)40-16-4-15-38/h2-3,5-12,17,19,33,38H,4,13-16,18H2,1H3,(H,36,39)/t19-,29-/m0/s1. The summed E-state index contributed by atoms with van der Waals surface area (Å²) in [6.45, 7) is 2.64. The van der Waals surface area contributed by atoms with E-state index in [0.717, 1.165) is 5.56 Å². The first-order chi connectivity index (χ1) is 19.9. The van der Waals surface area contributed by atoms with E-state index in [1.165, 1.54) is 0 Å². The Kier molecular flexibility index (Phi) is 10.5. The number of carbonyl (C=O) groups is 1. The Bertz CT molecular complexity index is 1450. The summed E-state index contributed by atoms with van der Waals surface area (Å²) in [4.78, 5) is 21.6. The zero-order valence-corrected chi connectivity index (χ0v) is 23.9. The predicted octanol–water partition coefficient (Wildman–Crippen LogP) is 5.71. The Hall–Kier alpha value is -3.79. The molecular weight excluding hydrogens is 567 g/mol. The van der Waals surface area contributed by atoms with Gasteiger partial charge in [0.2, 0.25) is 5.90 Å². The number of benzene rings is 3. The molecule has 3 aromatic rings. The highest BCUT2D eigenvalue weighted by molar-refractivity contribution is 6.35. The maximum absolute atomic E-state index is 13.8. The van der Waals surface area contributed by atoms with Crippen LogP contribution in [-0.4, -0.2) is 48.3 Å². The van der Waals surface area contributed by atoms with Gasteiger partial charge < -0.3 is 14.6 Å². The van der Waals surface area contributed by atoms with Gasteiger partial charge in [0.15, 0.2) is 5.54 Å². The van der Waals surface area contributed by atoms with Crippen LogP contribution in [0, 0.1) is 0 Å². The topological polar surface area (TPSA) is 141 Å². The molecular formula is C29H30Cl2N6O4. The van der Waals surface area contributed by atoms with Crippen LogP contribution in [0.3, 0.4) is 0 Å². The van der Waals surface area contributed by atoms with Crippen molar-refractivity contribution in [1.29, 1.82) is 0 Å². The van der Waals surface area contributed by atoms with Crippen molar-refractivity contribution >= 4 is 40.7 Å². The molecule has 0 unspecified atom stereocenters. The fraction of sp³-hybridized carbons (Fsp3) is 0.310. The van der Waals surface area contributed by atoms with Gasteiger partial charge in [-0.05, 0) is 66.4 Å². The molecule has 2 atom stereocenters. The maximum atomic E-state index is 13.8. The molecule has 10 nitrogen and oxygen atoms in total. The average Bonchev–Trinajstić information content (AvgIpc) is 3.30. The van der Waals surface area contributed by atoms with Crippen LogP contribution in [0.25, 0.3) is 10.4 Å². The number of aliphatic hydroxyl groups excluding tert-OH is 1. The van der Waals surface area contributed by atoms with Crippen molar-refractivity contribution in [3.63, 3.8) is 0 Å². The van der Waals surface area contributed by atoms with E-state index >= 15 is 0 Å². The number of carbonyl (C=O) groups excluding carboxylic acids is 1. The van der Waals surface area contributed by atoms with Gasteiger partial charge in [0.1, 0.15) is 11.9 Å². The van der Waals surface area contributed by atoms with E-state index < -0.39 is 17.6 Å². The van der Waals surface area contributed by atoms with Crippen LogP contribution < -0.4 is 15.6 Å². The lowest BCUT2D eigenvalue weighted by Gasteiger charge is -2.28. The Morgan fingerprint density at radius 2 is 1.95 bits per heavy atom. The second-order valence-corrected chi connectivity index (χ2v) is 10.3. The zero-order valence-electron chi connectivity index (χ0n) is 22.4. The molecule has 0 bridgehead atoms. The molecule has 0 radical (unpaired) electrons. The van der Waals surface area contributed by atoms with E-state index in [0.29, 0.717) is 64.5 Å². The Morgan fingerprint density at radius 3 is 2.68 bits per heavy atom. The lowest BCUT2D eigenvalue weighted by atomic mass is 9.85. The summed E-state index contributed by atoms with van der Waals surface area (Å²) < 4.78 is 11.8. The molecule has 0 saturated heterocycles. The second-order valence-electron chi connectivity index (χ2n) is 9.41. The Labute approximate surface area is 247 Å². The second kappa shape index (κ2) is 14.2. The van der Waals surface area contributed by atoms with Crippen molar-refractivity contribution < 1.29 is 19.4 Å². The van der Waals surface area contributed by atoms with Crippen molar-refractivity contribution in [2.75, 3.05) is 19.8 Å². The summed E-state index contributed by atoms with van der Waals surface area (Å²) in [7, 11) is 0. The van der Waals surface area contributed by atoms with Crippen LogP contribution in [0.1, 0.15) is 30.0 Å². The van der Waals surface area contributed by atoms with E-state index in [-0.39, 0.29) is 13.0 Å². The Morgan fingerprint density at radius 1 is 1.17 bits per heavy atom. The molecule has 0 aliphatic carbocycles. The minimum Gasteiger partial charge on any atom is -0.494 e. The van der Waals surface area contributed by atoms with Crippen molar-refractivity contribution in [1.82, 2.24) is 10.9 Å². The zero-order chi connectivity index (χ0) is 29.2. The highest BCUT2D eigenvalue weighted by atomic mass is 35.5. The van der Waals surface area contributed by atoms with Crippen LogP contribution in [0.15, 0.2) is 76.8 Å². The lowest BCUT2D eigenvalue weighted by molar-refractivity contribution is -0.129. The SMILES string of the molecule is C[C@@H]1OC(c2ccc(OCCCO)cc2)=N[C@]1(Cc1ccccc1N=[N+]=[N-])C(=O)NNCCc1ccc(Cl)cc1Cl. The number of hydrogen-bond donors (Lipinski definition) is 3. The van der Waals surface area contributed by atoms with E-state index in [1.54, 1.807) is 61.5 Å². The molecule has 12 heteroatoms. The van der Waals surface area contributed by atoms with Gasteiger partial charge in [0.25, 0.3) is 5.91 Å². The molecule has 0 spiro atoms. The van der Waals surface area contributed by atoms with Crippen LogP contribution in [0.5, 0.6) is 5.75 Å². The molecule has 0 fully saturated rings. The third-order valence-electron chi connectivity index (χ3n) is 6.67. The van der Waals surface area contributed by atoms with E-state index in [4.69, 9.17) is 48.3 Å². The monoisotopic (exact) mass is 596 g/mol. The third-order valence-corrected chi connectivity index (χ3v) is 7.25. The molecule has 1 heterocycles. The van der Waals surface area contributed by atoms with Crippen LogP contribution in [-0.2, 0) is 22.4 Å². The van der Waals surface area contributed by atoms with Crippen molar-refractivity contribution in [3.05, 3.63) is 104 Å². The number of hydrogen-bond acceptors (Lipinski definition) is 7. The average molecular weight is 598 g/mol. The molecule has 3 N–H and O–H groups in total. The highest BCUT2D eigenvalue weighted by Gasteiger charge is 2.50. The quantitative estimate of drug-likeness (QED) is 0.0762. The Balaban J connectivity index is 1.57. The summed E-state index contributed by atoms with van der Waals surface area (Å²) >= 11 is 12.3. The number of aliphatic imine (C=N–C) groups is 1. The molecule has 0 saturated carbocycles. The first-order valence-electron chi connectivity index (χ1n) is 13.1. The number of amides is 1. The van der Waals surface area contributed by atoms with Crippen LogP contribution >= 0.6 is 23.2 Å². The summed E-state index contributed by atoms with van der Waals surface area (Å²) in [6, 6.07) is 19.5. The minimum absolute atomic E-state index is 0.0529. The van der Waals surface area contributed by atoms with E-state index in [1.807, 2.05) is 12.1 Å². The summed E-state index contributed by atoms with van der Waals surface area (Å²) in [5.41, 5.74) is 16.1. The van der Waals surface area contributed by atoms with Gasteiger partial charge in [-0.15, -0.1) is 0 Å². The van der Waals surface area contributed by atoms with Gasteiger partial charge in [-0.2, -0.15) is 0 Å². The van der Waals surface area contributed by atoms with Gasteiger partial charge in [-0.1, -0.05) is 58.6 Å². The molecule has 41 heavy (non-hydrogen) atoms. The largest absolute Gasteiger partial charge is 0.494 e. The summed E-state index contributed by atoms with van der Waals surface area (Å²) in [5.74, 6) is 0.553. The maximum Gasteiger partial charge on any atom is 0.266 e. The van der Waals surface area contributed by atoms with Gasteiger partial charge in [-0.25, -0.2) is 10.4 Å². The van der Waals surface area contributed by atoms with Crippen molar-refractivity contribution in [2.45, 2.75) is 37.8 Å². The number of nitrogens with one attached hydrogen (secondary N) is 2. The summed E-state index contributed by atoms with van der Waals surface area (Å²) in [6.07, 6.45) is 0.567. The number of nitrogens with zero attached hydrogens (tertiary/aromatic N) is 4.